The van der Waals surface area contributed by atoms with Crippen molar-refractivity contribution >= 4 is 40.7 Å². The van der Waals surface area contributed by atoms with E-state index in [9.17, 15) is 4.79 Å². The van der Waals surface area contributed by atoms with Gasteiger partial charge >= 0.3 is 0 Å². The maximum Gasteiger partial charge on any atom is 0.270 e. The van der Waals surface area contributed by atoms with E-state index in [-0.39, 0.29) is 17.5 Å². The van der Waals surface area contributed by atoms with Crippen LogP contribution >= 0.6 is 23.2 Å². The SMILES string of the molecule is O=C(NCc1ccccc1)c1ccnc(Nc2ccc(Cl)cc2Cl)n1. The van der Waals surface area contributed by atoms with Crippen LogP contribution in [0.15, 0.2) is 60.8 Å². The van der Waals surface area contributed by atoms with Gasteiger partial charge in [0.05, 0.1) is 10.7 Å². The number of amides is 1. The molecule has 0 saturated carbocycles. The predicted molar refractivity (Wildman–Crippen MR) is 99.4 cm³/mol. The largest absolute Gasteiger partial charge is 0.347 e. The zero-order valence-corrected chi connectivity index (χ0v) is 14.6. The van der Waals surface area contributed by atoms with Crippen LogP contribution in [0.2, 0.25) is 10.0 Å². The van der Waals surface area contributed by atoms with Gasteiger partial charge in [-0.2, -0.15) is 0 Å². The van der Waals surface area contributed by atoms with Crippen LogP contribution in [0.1, 0.15) is 16.1 Å². The molecule has 0 radical (unpaired) electrons. The monoisotopic (exact) mass is 372 g/mol. The zero-order chi connectivity index (χ0) is 17.6. The predicted octanol–water partition coefficient (Wildman–Crippen LogP) is 4.46. The van der Waals surface area contributed by atoms with Gasteiger partial charge in [-0.3, -0.25) is 4.79 Å². The van der Waals surface area contributed by atoms with Crippen molar-refractivity contribution in [3.63, 3.8) is 0 Å². The number of halogens is 2. The van der Waals surface area contributed by atoms with Crippen molar-refractivity contribution in [3.8, 4) is 0 Å². The van der Waals surface area contributed by atoms with Crippen molar-refractivity contribution in [1.29, 1.82) is 0 Å². The zero-order valence-electron chi connectivity index (χ0n) is 13.0. The molecule has 1 heterocycles. The highest BCUT2D eigenvalue weighted by Gasteiger charge is 2.10. The smallest absolute Gasteiger partial charge is 0.270 e. The maximum atomic E-state index is 12.3. The minimum absolute atomic E-state index is 0.263. The number of carbonyl (C=O) groups is 1. The van der Waals surface area contributed by atoms with Gasteiger partial charge in [0, 0.05) is 17.8 Å². The molecule has 0 unspecified atom stereocenters. The van der Waals surface area contributed by atoms with Crippen LogP contribution in [0.4, 0.5) is 11.6 Å². The summed E-state index contributed by atoms with van der Waals surface area (Å²) in [6.07, 6.45) is 1.51. The molecule has 126 valence electrons. The Morgan fingerprint density at radius 2 is 1.84 bits per heavy atom. The van der Waals surface area contributed by atoms with Crippen molar-refractivity contribution in [3.05, 3.63) is 82.1 Å². The molecule has 0 fully saturated rings. The quantitative estimate of drug-likeness (QED) is 0.693. The van der Waals surface area contributed by atoms with Crippen LogP contribution in [-0.2, 0) is 6.54 Å². The Balaban J connectivity index is 1.69. The molecule has 0 aliphatic carbocycles. The summed E-state index contributed by atoms with van der Waals surface area (Å²) in [5, 5.41) is 6.77. The Labute approximate surface area is 155 Å². The third kappa shape index (κ3) is 4.68. The van der Waals surface area contributed by atoms with E-state index in [1.54, 1.807) is 24.3 Å². The van der Waals surface area contributed by atoms with Crippen LogP contribution in [-0.4, -0.2) is 15.9 Å². The number of carbonyl (C=O) groups excluding carboxylic acids is 1. The lowest BCUT2D eigenvalue weighted by Crippen LogP contribution is -2.24. The fourth-order valence-electron chi connectivity index (χ4n) is 2.13. The maximum absolute atomic E-state index is 12.3. The van der Waals surface area contributed by atoms with E-state index in [4.69, 9.17) is 23.2 Å². The molecule has 5 nitrogen and oxygen atoms in total. The van der Waals surface area contributed by atoms with Crippen LogP contribution in [0.25, 0.3) is 0 Å². The number of hydrogen-bond donors (Lipinski definition) is 2. The lowest BCUT2D eigenvalue weighted by atomic mass is 10.2. The highest BCUT2D eigenvalue weighted by Crippen LogP contribution is 2.27. The van der Waals surface area contributed by atoms with Crippen molar-refractivity contribution < 1.29 is 4.79 Å². The third-order valence-electron chi connectivity index (χ3n) is 3.36. The van der Waals surface area contributed by atoms with Gasteiger partial charge in [0.25, 0.3) is 5.91 Å². The first-order valence-electron chi connectivity index (χ1n) is 7.49. The fourth-order valence-corrected chi connectivity index (χ4v) is 2.58. The molecule has 0 atom stereocenters. The molecular formula is C18H14Cl2N4O. The molecule has 7 heteroatoms. The summed E-state index contributed by atoms with van der Waals surface area (Å²) in [5.74, 6) is -0.00640. The van der Waals surface area contributed by atoms with Crippen molar-refractivity contribution in [2.75, 3.05) is 5.32 Å². The van der Waals surface area contributed by atoms with Crippen LogP contribution in [0.3, 0.4) is 0 Å². The average molecular weight is 373 g/mol. The molecule has 0 aliphatic rings. The van der Waals surface area contributed by atoms with Crippen molar-refractivity contribution in [2.24, 2.45) is 0 Å². The number of anilines is 2. The van der Waals surface area contributed by atoms with Gasteiger partial charge in [0.2, 0.25) is 5.95 Å². The molecule has 25 heavy (non-hydrogen) atoms. The van der Waals surface area contributed by atoms with Gasteiger partial charge < -0.3 is 10.6 Å². The van der Waals surface area contributed by atoms with Gasteiger partial charge in [-0.05, 0) is 29.8 Å². The molecule has 2 N–H and O–H groups in total. The van der Waals surface area contributed by atoms with Gasteiger partial charge in [0.15, 0.2) is 0 Å². The molecule has 0 saturated heterocycles. The summed E-state index contributed by atoms with van der Waals surface area (Å²) >= 11 is 12.0. The molecule has 1 aromatic heterocycles. The average Bonchev–Trinajstić information content (AvgIpc) is 2.63. The number of benzene rings is 2. The topological polar surface area (TPSA) is 66.9 Å². The second-order valence-corrected chi connectivity index (χ2v) is 6.03. The molecule has 1 amide bonds. The number of hydrogen-bond acceptors (Lipinski definition) is 4. The Hall–Kier alpha value is -2.63. The summed E-state index contributed by atoms with van der Waals surface area (Å²) in [4.78, 5) is 20.6. The number of aromatic nitrogens is 2. The van der Waals surface area contributed by atoms with Gasteiger partial charge in [-0.25, -0.2) is 9.97 Å². The van der Waals surface area contributed by atoms with E-state index in [0.29, 0.717) is 22.3 Å². The van der Waals surface area contributed by atoms with E-state index >= 15 is 0 Å². The van der Waals surface area contributed by atoms with Crippen LogP contribution in [0.5, 0.6) is 0 Å². The van der Waals surface area contributed by atoms with Crippen molar-refractivity contribution in [1.82, 2.24) is 15.3 Å². The molecule has 3 rings (SSSR count). The molecule has 0 spiro atoms. The second-order valence-electron chi connectivity index (χ2n) is 5.18. The van der Waals surface area contributed by atoms with Crippen LogP contribution < -0.4 is 10.6 Å². The Kier molecular flexibility index (Phi) is 5.48. The number of nitrogens with one attached hydrogen (secondary N) is 2. The number of nitrogens with zero attached hydrogens (tertiary/aromatic N) is 2. The molecule has 0 bridgehead atoms. The van der Waals surface area contributed by atoms with E-state index in [1.165, 1.54) is 6.20 Å². The highest BCUT2D eigenvalue weighted by atomic mass is 35.5. The first-order valence-corrected chi connectivity index (χ1v) is 8.24. The Morgan fingerprint density at radius 1 is 1.04 bits per heavy atom. The first-order chi connectivity index (χ1) is 12.1. The van der Waals surface area contributed by atoms with E-state index in [2.05, 4.69) is 20.6 Å². The lowest BCUT2D eigenvalue weighted by Gasteiger charge is -2.09. The molecular weight excluding hydrogens is 359 g/mol. The minimum atomic E-state index is -0.281. The Morgan fingerprint density at radius 3 is 2.60 bits per heavy atom. The normalized spacial score (nSPS) is 10.3. The Bertz CT molecular complexity index is 887. The van der Waals surface area contributed by atoms with Gasteiger partial charge in [0.1, 0.15) is 5.69 Å². The van der Waals surface area contributed by atoms with Gasteiger partial charge in [-0.1, -0.05) is 53.5 Å². The molecule has 0 aliphatic heterocycles. The summed E-state index contributed by atoms with van der Waals surface area (Å²) in [5.41, 5.74) is 1.88. The molecule has 2 aromatic carbocycles. The van der Waals surface area contributed by atoms with E-state index in [1.807, 2.05) is 30.3 Å². The van der Waals surface area contributed by atoms with E-state index in [0.717, 1.165) is 5.56 Å². The highest BCUT2D eigenvalue weighted by molar-refractivity contribution is 6.36. The summed E-state index contributed by atoms with van der Waals surface area (Å²) in [6.45, 7) is 0.426. The molecule has 3 aromatic rings. The van der Waals surface area contributed by atoms with Crippen molar-refractivity contribution in [2.45, 2.75) is 6.54 Å². The fraction of sp³-hybridized carbons (Fsp3) is 0.0556. The summed E-state index contributed by atoms with van der Waals surface area (Å²) < 4.78 is 0. The summed E-state index contributed by atoms with van der Waals surface area (Å²) in [7, 11) is 0. The lowest BCUT2D eigenvalue weighted by molar-refractivity contribution is 0.0946. The van der Waals surface area contributed by atoms with E-state index < -0.39 is 0 Å². The van der Waals surface area contributed by atoms with Gasteiger partial charge in [-0.15, -0.1) is 0 Å². The standard InChI is InChI=1S/C18H14Cl2N4O/c19-13-6-7-15(14(20)10-13)23-18-21-9-8-16(24-18)17(25)22-11-12-4-2-1-3-5-12/h1-10H,11H2,(H,22,25)(H,21,23,24). The van der Waals surface area contributed by atoms with Crippen LogP contribution in [0, 0.1) is 0 Å². The number of rotatable bonds is 5. The second kappa shape index (κ2) is 7.96. The first kappa shape index (κ1) is 17.2. The minimum Gasteiger partial charge on any atom is -0.347 e. The summed E-state index contributed by atoms with van der Waals surface area (Å²) in [6, 6.07) is 16.2. The third-order valence-corrected chi connectivity index (χ3v) is 3.91.